The molecule has 0 unspecified atom stereocenters. The Morgan fingerprint density at radius 2 is 2.32 bits per heavy atom. The molecule has 2 aromatic heterocycles. The van der Waals surface area contributed by atoms with Gasteiger partial charge in [-0.05, 0) is 18.9 Å². The summed E-state index contributed by atoms with van der Waals surface area (Å²) in [5, 5.41) is 8.48. The number of amides is 1. The number of hydrogen-bond donors (Lipinski definition) is 2. The molecular formula is C13H14N4OS. The van der Waals surface area contributed by atoms with E-state index < -0.39 is 0 Å². The van der Waals surface area contributed by atoms with Crippen LogP contribution >= 0.6 is 11.3 Å². The molecule has 2 heterocycles. The molecule has 0 spiro atoms. The second-order valence-electron chi connectivity index (χ2n) is 4.48. The second kappa shape index (κ2) is 4.97. The van der Waals surface area contributed by atoms with Crippen molar-refractivity contribution >= 4 is 28.1 Å². The first-order chi connectivity index (χ1) is 9.28. The average Bonchev–Trinajstić information content (AvgIpc) is 3.19. The third kappa shape index (κ3) is 2.58. The molecule has 0 atom stereocenters. The fourth-order valence-electron chi connectivity index (χ4n) is 1.87. The third-order valence-corrected chi connectivity index (χ3v) is 3.85. The van der Waals surface area contributed by atoms with Crippen molar-refractivity contribution in [2.45, 2.75) is 18.8 Å². The fraction of sp³-hybridized carbons (Fsp3) is 0.308. The highest BCUT2D eigenvalue weighted by molar-refractivity contribution is 7.14. The molecule has 2 N–H and O–H groups in total. The Labute approximate surface area is 115 Å². The van der Waals surface area contributed by atoms with E-state index in [0.717, 1.165) is 5.69 Å². The Bertz CT molecular complexity index is 606. The summed E-state index contributed by atoms with van der Waals surface area (Å²) < 4.78 is 0. The van der Waals surface area contributed by atoms with Gasteiger partial charge in [0.25, 0.3) is 5.91 Å². The van der Waals surface area contributed by atoms with Gasteiger partial charge in [-0.25, -0.2) is 4.98 Å². The molecule has 0 aromatic carbocycles. The number of rotatable bonds is 4. The minimum Gasteiger partial charge on any atom is -0.386 e. The van der Waals surface area contributed by atoms with Crippen molar-refractivity contribution in [3.63, 3.8) is 0 Å². The quantitative estimate of drug-likeness (QED) is 0.899. The van der Waals surface area contributed by atoms with Crippen LogP contribution in [-0.2, 0) is 0 Å². The Balaban J connectivity index is 1.76. The Hall–Kier alpha value is -1.95. The predicted molar refractivity (Wildman–Crippen MR) is 75.8 cm³/mol. The highest BCUT2D eigenvalue weighted by Gasteiger charge is 2.26. The van der Waals surface area contributed by atoms with E-state index in [2.05, 4.69) is 20.6 Å². The van der Waals surface area contributed by atoms with Gasteiger partial charge in [0.05, 0.1) is 23.1 Å². The van der Waals surface area contributed by atoms with Crippen LogP contribution in [0.2, 0.25) is 0 Å². The van der Waals surface area contributed by atoms with Crippen LogP contribution < -0.4 is 10.6 Å². The highest BCUT2D eigenvalue weighted by atomic mass is 32.1. The molecule has 6 heteroatoms. The highest BCUT2D eigenvalue weighted by Crippen LogP contribution is 2.40. The van der Waals surface area contributed by atoms with Crippen molar-refractivity contribution in [3.05, 3.63) is 35.1 Å². The Morgan fingerprint density at radius 1 is 1.47 bits per heavy atom. The van der Waals surface area contributed by atoms with E-state index in [1.165, 1.54) is 24.2 Å². The number of carbonyl (C=O) groups is 1. The van der Waals surface area contributed by atoms with E-state index in [1.807, 2.05) is 5.38 Å². The first-order valence-corrected chi connectivity index (χ1v) is 7.04. The number of nitrogens with zero attached hydrogens (tertiary/aromatic N) is 2. The number of hydrogen-bond acceptors (Lipinski definition) is 5. The number of nitrogens with one attached hydrogen (secondary N) is 2. The van der Waals surface area contributed by atoms with Gasteiger partial charge < -0.3 is 5.32 Å². The minimum absolute atomic E-state index is 0.163. The summed E-state index contributed by atoms with van der Waals surface area (Å²) >= 11 is 1.48. The molecule has 0 aliphatic heterocycles. The number of anilines is 2. The Morgan fingerprint density at radius 3 is 3.05 bits per heavy atom. The van der Waals surface area contributed by atoms with Crippen LogP contribution in [0.15, 0.2) is 23.8 Å². The van der Waals surface area contributed by atoms with Crippen LogP contribution in [-0.4, -0.2) is 22.9 Å². The van der Waals surface area contributed by atoms with Crippen molar-refractivity contribution < 1.29 is 4.79 Å². The first-order valence-electron chi connectivity index (χ1n) is 6.16. The average molecular weight is 274 g/mol. The van der Waals surface area contributed by atoms with E-state index in [1.54, 1.807) is 25.5 Å². The van der Waals surface area contributed by atoms with Crippen molar-refractivity contribution in [2.75, 3.05) is 17.7 Å². The monoisotopic (exact) mass is 274 g/mol. The summed E-state index contributed by atoms with van der Waals surface area (Å²) in [7, 11) is 1.77. The molecular weight excluding hydrogens is 260 g/mol. The SMILES string of the molecule is CNc1cnccc1C(=O)Nc1nc(C2CC2)cs1. The number of aromatic nitrogens is 2. The van der Waals surface area contributed by atoms with Crippen LogP contribution in [0.3, 0.4) is 0 Å². The maximum atomic E-state index is 12.2. The maximum Gasteiger partial charge on any atom is 0.259 e. The van der Waals surface area contributed by atoms with Crippen LogP contribution in [0.25, 0.3) is 0 Å². The molecule has 1 amide bonds. The lowest BCUT2D eigenvalue weighted by molar-refractivity contribution is 0.102. The van der Waals surface area contributed by atoms with Gasteiger partial charge in [-0.15, -0.1) is 11.3 Å². The molecule has 0 radical (unpaired) electrons. The summed E-state index contributed by atoms with van der Waals surface area (Å²) in [5.74, 6) is 0.444. The van der Waals surface area contributed by atoms with Gasteiger partial charge in [0.2, 0.25) is 0 Å². The van der Waals surface area contributed by atoms with Crippen LogP contribution in [0.5, 0.6) is 0 Å². The molecule has 1 saturated carbocycles. The molecule has 1 fully saturated rings. The number of carbonyl (C=O) groups excluding carboxylic acids is 1. The summed E-state index contributed by atoms with van der Waals surface area (Å²) in [4.78, 5) is 20.6. The third-order valence-electron chi connectivity index (χ3n) is 3.07. The van der Waals surface area contributed by atoms with Gasteiger partial charge >= 0.3 is 0 Å². The lowest BCUT2D eigenvalue weighted by Gasteiger charge is -2.07. The second-order valence-corrected chi connectivity index (χ2v) is 5.34. The molecule has 1 aliphatic rings. The van der Waals surface area contributed by atoms with Crippen LogP contribution in [0.1, 0.15) is 34.8 Å². The van der Waals surface area contributed by atoms with E-state index in [0.29, 0.717) is 22.3 Å². The zero-order valence-electron chi connectivity index (χ0n) is 10.5. The molecule has 3 rings (SSSR count). The summed E-state index contributed by atoms with van der Waals surface area (Å²) in [5.41, 5.74) is 2.38. The molecule has 1 aliphatic carbocycles. The smallest absolute Gasteiger partial charge is 0.259 e. The summed E-state index contributed by atoms with van der Waals surface area (Å²) in [6.07, 6.45) is 5.66. The zero-order chi connectivity index (χ0) is 13.2. The Kier molecular flexibility index (Phi) is 3.16. The molecule has 5 nitrogen and oxygen atoms in total. The van der Waals surface area contributed by atoms with Gasteiger partial charge in [-0.1, -0.05) is 0 Å². The summed E-state index contributed by atoms with van der Waals surface area (Å²) in [6, 6.07) is 1.69. The molecule has 0 saturated heterocycles. The number of pyridine rings is 1. The topological polar surface area (TPSA) is 66.9 Å². The summed E-state index contributed by atoms with van der Waals surface area (Å²) in [6.45, 7) is 0. The first kappa shape index (κ1) is 12.1. The lowest BCUT2D eigenvalue weighted by Crippen LogP contribution is -2.14. The van der Waals surface area contributed by atoms with Gasteiger partial charge in [0, 0.05) is 24.5 Å². The molecule has 2 aromatic rings. The zero-order valence-corrected chi connectivity index (χ0v) is 11.3. The van der Waals surface area contributed by atoms with E-state index in [4.69, 9.17) is 0 Å². The van der Waals surface area contributed by atoms with Crippen molar-refractivity contribution in [2.24, 2.45) is 0 Å². The van der Waals surface area contributed by atoms with E-state index in [9.17, 15) is 4.79 Å². The van der Waals surface area contributed by atoms with Gasteiger partial charge in [-0.2, -0.15) is 0 Å². The normalized spacial score (nSPS) is 14.2. The van der Waals surface area contributed by atoms with Gasteiger partial charge in [0.15, 0.2) is 5.13 Å². The van der Waals surface area contributed by atoms with Crippen molar-refractivity contribution in [3.8, 4) is 0 Å². The van der Waals surface area contributed by atoms with Gasteiger partial charge in [0.1, 0.15) is 0 Å². The van der Waals surface area contributed by atoms with E-state index >= 15 is 0 Å². The lowest BCUT2D eigenvalue weighted by atomic mass is 10.2. The van der Waals surface area contributed by atoms with Gasteiger partial charge in [-0.3, -0.25) is 15.1 Å². The maximum absolute atomic E-state index is 12.2. The van der Waals surface area contributed by atoms with Crippen LogP contribution in [0, 0.1) is 0 Å². The molecule has 0 bridgehead atoms. The van der Waals surface area contributed by atoms with Crippen molar-refractivity contribution in [1.29, 1.82) is 0 Å². The fourth-order valence-corrected chi connectivity index (χ4v) is 2.65. The predicted octanol–water partition coefficient (Wildman–Crippen LogP) is 2.71. The van der Waals surface area contributed by atoms with E-state index in [-0.39, 0.29) is 5.91 Å². The standard InChI is InChI=1S/C13H14N4OS/c1-14-10-6-15-5-4-9(10)12(18)17-13-16-11(7-19-13)8-2-3-8/h4-8,14H,2-3H2,1H3,(H,16,17,18). The molecule has 98 valence electrons. The largest absolute Gasteiger partial charge is 0.386 e. The van der Waals surface area contributed by atoms with Crippen LogP contribution in [0.4, 0.5) is 10.8 Å². The minimum atomic E-state index is -0.163. The number of thiazole rings is 1. The van der Waals surface area contributed by atoms with Crippen molar-refractivity contribution in [1.82, 2.24) is 9.97 Å². The molecule has 19 heavy (non-hydrogen) atoms.